The summed E-state index contributed by atoms with van der Waals surface area (Å²) in [5, 5.41) is 13.0. The van der Waals surface area contributed by atoms with Crippen LogP contribution in [0.4, 0.5) is 10.5 Å². The summed E-state index contributed by atoms with van der Waals surface area (Å²) in [5.74, 6) is 0.261. The third-order valence-corrected chi connectivity index (χ3v) is 1.74. The number of nitrogens with zero attached hydrogens (tertiary/aromatic N) is 1. The van der Waals surface area contributed by atoms with E-state index in [1.165, 1.54) is 24.3 Å². The first-order chi connectivity index (χ1) is 7.78. The maximum Gasteiger partial charge on any atom is 0.413 e. The fraction of sp³-hybridized carbons (Fsp3) is 0.364. The van der Waals surface area contributed by atoms with E-state index in [4.69, 9.17) is 4.74 Å². The average Bonchev–Trinajstić information content (AvgIpc) is 2.15. The van der Waals surface area contributed by atoms with Crippen LogP contribution in [0.2, 0.25) is 0 Å². The molecule has 1 N–H and O–H groups in total. The van der Waals surface area contributed by atoms with Crippen LogP contribution in [0.15, 0.2) is 24.3 Å². The average molecular weight is 238 g/mol. The molecular formula is C11H14N2O4. The molecular weight excluding hydrogens is 224 g/mol. The lowest BCUT2D eigenvalue weighted by Crippen LogP contribution is -2.42. The molecule has 92 valence electrons. The van der Waals surface area contributed by atoms with Crippen LogP contribution in [-0.4, -0.2) is 16.6 Å². The van der Waals surface area contributed by atoms with E-state index in [1.807, 2.05) is 20.8 Å². The number of nitro groups is 1. The number of carbonyl (C=O) groups is 1. The van der Waals surface area contributed by atoms with Gasteiger partial charge in [-0.2, -0.15) is 0 Å². The molecule has 0 heterocycles. The van der Waals surface area contributed by atoms with E-state index in [-0.39, 0.29) is 11.4 Å². The minimum atomic E-state index is -0.591. The van der Waals surface area contributed by atoms with Crippen LogP contribution in [0.25, 0.3) is 0 Å². The van der Waals surface area contributed by atoms with Gasteiger partial charge in [-0.1, -0.05) is 0 Å². The Kier molecular flexibility index (Phi) is 3.67. The summed E-state index contributed by atoms with van der Waals surface area (Å²) in [6.45, 7) is 5.47. The Morgan fingerprint density at radius 2 is 1.82 bits per heavy atom. The third-order valence-electron chi connectivity index (χ3n) is 1.74. The van der Waals surface area contributed by atoms with Gasteiger partial charge in [-0.3, -0.25) is 10.1 Å². The minimum Gasteiger partial charge on any atom is -0.410 e. The maximum atomic E-state index is 11.4. The zero-order valence-electron chi connectivity index (χ0n) is 9.89. The molecule has 0 unspecified atom stereocenters. The van der Waals surface area contributed by atoms with Crippen molar-refractivity contribution in [3.63, 3.8) is 0 Å². The van der Waals surface area contributed by atoms with Gasteiger partial charge in [0.1, 0.15) is 5.75 Å². The molecule has 0 aromatic heterocycles. The molecule has 0 fully saturated rings. The molecule has 1 amide bonds. The topological polar surface area (TPSA) is 81.5 Å². The summed E-state index contributed by atoms with van der Waals surface area (Å²) in [5.41, 5.74) is -0.439. The van der Waals surface area contributed by atoms with Crippen LogP contribution in [0.1, 0.15) is 20.8 Å². The molecule has 0 atom stereocenters. The lowest BCUT2D eigenvalue weighted by Gasteiger charge is -2.19. The Balaban J connectivity index is 2.64. The van der Waals surface area contributed by atoms with Crippen molar-refractivity contribution in [3.05, 3.63) is 34.4 Å². The highest BCUT2D eigenvalue weighted by molar-refractivity contribution is 5.71. The number of hydrogen-bond acceptors (Lipinski definition) is 4. The largest absolute Gasteiger partial charge is 0.413 e. The van der Waals surface area contributed by atoms with E-state index in [1.54, 1.807) is 0 Å². The van der Waals surface area contributed by atoms with E-state index in [0.717, 1.165) is 0 Å². The molecule has 0 aliphatic rings. The number of amides is 1. The van der Waals surface area contributed by atoms with Crippen molar-refractivity contribution < 1.29 is 14.5 Å². The number of benzene rings is 1. The van der Waals surface area contributed by atoms with Gasteiger partial charge in [-0.15, -0.1) is 0 Å². The summed E-state index contributed by atoms with van der Waals surface area (Å²) in [6.07, 6.45) is -0.591. The van der Waals surface area contributed by atoms with E-state index in [9.17, 15) is 14.9 Å². The molecule has 6 nitrogen and oxygen atoms in total. The molecule has 1 aromatic rings. The highest BCUT2D eigenvalue weighted by atomic mass is 16.6. The van der Waals surface area contributed by atoms with Crippen molar-refractivity contribution in [2.24, 2.45) is 0 Å². The van der Waals surface area contributed by atoms with Crippen LogP contribution in [0.3, 0.4) is 0 Å². The van der Waals surface area contributed by atoms with Crippen LogP contribution < -0.4 is 10.1 Å². The Bertz CT molecular complexity index is 420. The van der Waals surface area contributed by atoms with Gasteiger partial charge in [-0.05, 0) is 32.9 Å². The summed E-state index contributed by atoms with van der Waals surface area (Å²) in [4.78, 5) is 21.3. The first kappa shape index (κ1) is 13.0. The highest BCUT2D eigenvalue weighted by Crippen LogP contribution is 2.17. The first-order valence-electron chi connectivity index (χ1n) is 5.02. The van der Waals surface area contributed by atoms with Gasteiger partial charge in [0.2, 0.25) is 0 Å². The Morgan fingerprint density at radius 1 is 1.29 bits per heavy atom. The maximum absolute atomic E-state index is 11.4. The standard InChI is InChI=1S/C11H14N2O4/c1-11(2,3)12-10(14)17-9-6-4-8(5-7-9)13(15)16/h4-7H,1-3H3,(H,12,14). The fourth-order valence-electron chi connectivity index (χ4n) is 1.07. The van der Waals surface area contributed by atoms with Crippen molar-refractivity contribution in [2.45, 2.75) is 26.3 Å². The monoisotopic (exact) mass is 238 g/mol. The Morgan fingerprint density at radius 3 is 2.24 bits per heavy atom. The second kappa shape index (κ2) is 4.82. The SMILES string of the molecule is CC(C)(C)NC(=O)Oc1ccc([N+](=O)[O-])cc1. The number of ether oxygens (including phenoxy) is 1. The van der Waals surface area contributed by atoms with Gasteiger partial charge in [0.15, 0.2) is 0 Å². The van der Waals surface area contributed by atoms with Gasteiger partial charge in [-0.25, -0.2) is 4.79 Å². The first-order valence-corrected chi connectivity index (χ1v) is 5.02. The molecule has 0 aliphatic heterocycles. The Labute approximate surface area is 98.7 Å². The van der Waals surface area contributed by atoms with Crippen LogP contribution in [-0.2, 0) is 0 Å². The summed E-state index contributed by atoms with van der Waals surface area (Å²) < 4.78 is 4.95. The number of rotatable bonds is 2. The second-order valence-electron chi connectivity index (χ2n) is 4.52. The molecule has 0 saturated carbocycles. The van der Waals surface area contributed by atoms with E-state index >= 15 is 0 Å². The van der Waals surface area contributed by atoms with Crippen molar-refractivity contribution in [3.8, 4) is 5.75 Å². The van der Waals surface area contributed by atoms with Gasteiger partial charge in [0.05, 0.1) is 4.92 Å². The molecule has 0 radical (unpaired) electrons. The minimum absolute atomic E-state index is 0.0476. The van der Waals surface area contributed by atoms with E-state index in [0.29, 0.717) is 0 Å². The predicted octanol–water partition coefficient (Wildman–Crippen LogP) is 2.48. The van der Waals surface area contributed by atoms with Crippen molar-refractivity contribution in [1.29, 1.82) is 0 Å². The highest BCUT2D eigenvalue weighted by Gasteiger charge is 2.15. The normalized spacial score (nSPS) is 10.8. The van der Waals surface area contributed by atoms with Crippen molar-refractivity contribution in [1.82, 2.24) is 5.32 Å². The quantitative estimate of drug-likeness (QED) is 0.633. The zero-order chi connectivity index (χ0) is 13.1. The van der Waals surface area contributed by atoms with Crippen LogP contribution in [0, 0.1) is 10.1 Å². The number of nitrogens with one attached hydrogen (secondary N) is 1. The zero-order valence-corrected chi connectivity index (χ0v) is 9.89. The lowest BCUT2D eigenvalue weighted by molar-refractivity contribution is -0.384. The molecule has 17 heavy (non-hydrogen) atoms. The Hall–Kier alpha value is -2.11. The molecule has 6 heteroatoms. The van der Waals surface area contributed by atoms with E-state index in [2.05, 4.69) is 5.32 Å². The summed E-state index contributed by atoms with van der Waals surface area (Å²) in [7, 11) is 0. The fourth-order valence-corrected chi connectivity index (χ4v) is 1.07. The van der Waals surface area contributed by atoms with Gasteiger partial charge >= 0.3 is 6.09 Å². The molecule has 1 aromatic carbocycles. The second-order valence-corrected chi connectivity index (χ2v) is 4.52. The van der Waals surface area contributed by atoms with Crippen LogP contribution in [0.5, 0.6) is 5.75 Å². The van der Waals surface area contributed by atoms with Gasteiger partial charge < -0.3 is 10.1 Å². The van der Waals surface area contributed by atoms with E-state index < -0.39 is 16.6 Å². The predicted molar refractivity (Wildman–Crippen MR) is 62.0 cm³/mol. The molecule has 1 rings (SSSR count). The van der Waals surface area contributed by atoms with Gasteiger partial charge in [0.25, 0.3) is 5.69 Å². The van der Waals surface area contributed by atoms with Crippen LogP contribution >= 0.6 is 0 Å². The summed E-state index contributed by atoms with van der Waals surface area (Å²) in [6, 6.07) is 5.31. The molecule has 0 spiro atoms. The number of carbonyl (C=O) groups excluding carboxylic acids is 1. The lowest BCUT2D eigenvalue weighted by atomic mass is 10.1. The molecule has 0 aliphatic carbocycles. The summed E-state index contributed by atoms with van der Waals surface area (Å²) >= 11 is 0. The number of hydrogen-bond donors (Lipinski definition) is 1. The van der Waals surface area contributed by atoms with Crippen molar-refractivity contribution >= 4 is 11.8 Å². The van der Waals surface area contributed by atoms with Crippen molar-refractivity contribution in [2.75, 3.05) is 0 Å². The smallest absolute Gasteiger partial charge is 0.410 e. The number of non-ortho nitro benzene ring substituents is 1. The molecule has 0 bridgehead atoms. The number of nitro benzene ring substituents is 1. The van der Waals surface area contributed by atoms with Gasteiger partial charge in [0, 0.05) is 17.7 Å². The molecule has 0 saturated heterocycles. The third kappa shape index (κ3) is 4.50.